The van der Waals surface area contributed by atoms with E-state index >= 15 is 0 Å². The van der Waals surface area contributed by atoms with Crippen molar-refractivity contribution in [1.82, 2.24) is 0 Å². The van der Waals surface area contributed by atoms with E-state index in [-0.39, 0.29) is 50.3 Å². The van der Waals surface area contributed by atoms with Crippen molar-refractivity contribution in [1.29, 1.82) is 0 Å². The van der Waals surface area contributed by atoms with Crippen molar-refractivity contribution in [2.45, 2.75) is 139 Å². The molecule has 0 aromatic heterocycles. The third kappa shape index (κ3) is 4.49. The molecule has 10 atom stereocenters. The van der Waals surface area contributed by atoms with Crippen LogP contribution in [0.15, 0.2) is 0 Å². The zero-order chi connectivity index (χ0) is 30.4. The van der Waals surface area contributed by atoms with E-state index in [1.807, 2.05) is 0 Å². The highest BCUT2D eigenvalue weighted by Crippen LogP contribution is 2.77. The Morgan fingerprint density at radius 2 is 1.56 bits per heavy atom. The maximum absolute atomic E-state index is 13.0. The number of carbonyl (C=O) groups excluding carboxylic acids is 3. The van der Waals surface area contributed by atoms with Crippen molar-refractivity contribution in [2.24, 2.45) is 68.0 Å². The van der Waals surface area contributed by atoms with Crippen LogP contribution in [0.2, 0.25) is 0 Å². The fourth-order valence-corrected chi connectivity index (χ4v) is 12.6. The number of ether oxygens (including phenoxy) is 1. The molecule has 0 heterocycles. The summed E-state index contributed by atoms with van der Waals surface area (Å²) in [6.07, 6.45) is 12.9. The topological polar surface area (TPSA) is 60.4 Å². The van der Waals surface area contributed by atoms with E-state index in [1.165, 1.54) is 44.8 Å². The van der Waals surface area contributed by atoms with Gasteiger partial charge in [-0.25, -0.2) is 0 Å². The van der Waals surface area contributed by atoms with Gasteiger partial charge in [0.15, 0.2) is 0 Å². The molecule has 0 spiro atoms. The van der Waals surface area contributed by atoms with Gasteiger partial charge in [-0.3, -0.25) is 9.59 Å². The molecule has 0 bridgehead atoms. The van der Waals surface area contributed by atoms with Crippen molar-refractivity contribution in [3.8, 4) is 0 Å². The third-order valence-corrected chi connectivity index (χ3v) is 16.0. The van der Waals surface area contributed by atoms with Crippen LogP contribution < -0.4 is 0 Å². The number of carbonyl (C=O) groups is 3. The van der Waals surface area contributed by atoms with E-state index < -0.39 is 5.41 Å². The maximum Gasteiger partial charge on any atom is 0.307 e. The smallest absolute Gasteiger partial charge is 0.307 e. The molecule has 41 heavy (non-hydrogen) atoms. The van der Waals surface area contributed by atoms with Crippen molar-refractivity contribution in [2.75, 3.05) is 0 Å². The van der Waals surface area contributed by atoms with Crippen LogP contribution in [0.1, 0.15) is 133 Å². The average molecular weight is 634 g/mol. The van der Waals surface area contributed by atoms with Crippen LogP contribution in [-0.4, -0.2) is 23.1 Å². The number of hydrogen-bond donors (Lipinski definition) is 0. The minimum absolute atomic E-state index is 0.0820. The van der Waals surface area contributed by atoms with Crippen LogP contribution in [0.25, 0.3) is 0 Å². The highest BCUT2D eigenvalue weighted by Gasteiger charge is 2.71. The lowest BCUT2D eigenvalue weighted by molar-refractivity contribution is -0.249. The van der Waals surface area contributed by atoms with Gasteiger partial charge in [0.05, 0.1) is 6.42 Å². The van der Waals surface area contributed by atoms with Crippen LogP contribution in [-0.2, 0) is 19.1 Å². The Bertz CT molecular complexity index is 1080. The van der Waals surface area contributed by atoms with Crippen molar-refractivity contribution in [3.05, 3.63) is 0 Å². The Hall–Kier alpha value is -0.710. The Balaban J connectivity index is 1.41. The molecular weight excluding hydrogens is 576 g/mol. The summed E-state index contributed by atoms with van der Waals surface area (Å²) < 4.78 is 6.06. The molecule has 0 aliphatic heterocycles. The second-order valence-electron chi connectivity index (χ2n) is 17.7. The molecule has 5 rings (SSSR count). The quantitative estimate of drug-likeness (QED) is 0.166. The van der Waals surface area contributed by atoms with E-state index in [2.05, 4.69) is 64.4 Å². The molecule has 0 amide bonds. The summed E-state index contributed by atoms with van der Waals surface area (Å²) in [5, 5.41) is 0. The van der Waals surface area contributed by atoms with Gasteiger partial charge in [-0.05, 0) is 132 Å². The highest BCUT2D eigenvalue weighted by atomic mass is 79.9. The number of halogens is 1. The first kappa shape index (κ1) is 31.7. The predicted molar refractivity (Wildman–Crippen MR) is 167 cm³/mol. The first-order valence-corrected chi connectivity index (χ1v) is 17.5. The van der Waals surface area contributed by atoms with E-state index in [0.717, 1.165) is 25.7 Å². The lowest BCUT2D eigenvalue weighted by atomic mass is 9.32. The molecule has 5 aliphatic carbocycles. The molecule has 5 saturated carbocycles. The van der Waals surface area contributed by atoms with E-state index in [9.17, 15) is 14.4 Å². The molecule has 5 aliphatic rings. The number of hydrogen-bond acceptors (Lipinski definition) is 4. The second-order valence-corrected chi connectivity index (χ2v) is 18.4. The fourth-order valence-electron chi connectivity index (χ4n) is 12.5. The molecule has 0 radical (unpaired) electrons. The normalized spacial score (nSPS) is 47.0. The van der Waals surface area contributed by atoms with Gasteiger partial charge < -0.3 is 9.53 Å². The largest absolute Gasteiger partial charge is 0.462 e. The minimum Gasteiger partial charge on any atom is -0.462 e. The molecule has 0 aromatic carbocycles. The zero-order valence-electron chi connectivity index (χ0n) is 27.4. The lowest BCUT2D eigenvalue weighted by Gasteiger charge is -2.72. The first-order chi connectivity index (χ1) is 18.9. The average Bonchev–Trinajstić information content (AvgIpc) is 3.26. The highest BCUT2D eigenvalue weighted by molar-refractivity contribution is 9.18. The number of aldehydes is 1. The van der Waals surface area contributed by atoms with Gasteiger partial charge in [-0.2, -0.15) is 0 Å². The Morgan fingerprint density at radius 1 is 0.878 bits per heavy atom. The number of esters is 1. The van der Waals surface area contributed by atoms with E-state index in [0.29, 0.717) is 35.5 Å². The monoisotopic (exact) mass is 632 g/mol. The summed E-state index contributed by atoms with van der Waals surface area (Å²) in [5.41, 5.74) is -0.218. The lowest BCUT2D eigenvalue weighted by Crippen LogP contribution is -2.67. The summed E-state index contributed by atoms with van der Waals surface area (Å²) in [7, 11) is 0. The first-order valence-electron chi connectivity index (χ1n) is 16.8. The van der Waals surface area contributed by atoms with Crippen molar-refractivity contribution in [3.63, 3.8) is 0 Å². The van der Waals surface area contributed by atoms with Crippen molar-refractivity contribution >= 4 is 32.9 Å². The van der Waals surface area contributed by atoms with E-state index in [1.54, 1.807) is 13.8 Å². The molecule has 0 saturated heterocycles. The molecular formula is C36H57BrO4. The van der Waals surface area contributed by atoms with Crippen LogP contribution in [0.3, 0.4) is 0 Å². The third-order valence-electron chi connectivity index (χ3n) is 15.0. The molecule has 5 fully saturated rings. The molecule has 232 valence electrons. The van der Waals surface area contributed by atoms with Gasteiger partial charge in [0.25, 0.3) is 0 Å². The summed E-state index contributed by atoms with van der Waals surface area (Å²) in [5.74, 6) is 3.39. The Morgan fingerprint density at radius 3 is 2.17 bits per heavy atom. The summed E-state index contributed by atoms with van der Waals surface area (Å²) in [6, 6.07) is 0. The summed E-state index contributed by atoms with van der Waals surface area (Å²) in [6.45, 7) is 20.9. The van der Waals surface area contributed by atoms with Crippen LogP contribution in [0.5, 0.6) is 0 Å². The second kappa shape index (κ2) is 10.2. The molecule has 5 heteroatoms. The van der Waals surface area contributed by atoms with Crippen molar-refractivity contribution < 1.29 is 19.1 Å². The van der Waals surface area contributed by atoms with Crippen LogP contribution in [0.4, 0.5) is 0 Å². The van der Waals surface area contributed by atoms with E-state index in [4.69, 9.17) is 4.74 Å². The Kier molecular flexibility index (Phi) is 7.86. The predicted octanol–water partition coefficient (Wildman–Crippen LogP) is 9.17. The van der Waals surface area contributed by atoms with Gasteiger partial charge >= 0.3 is 5.97 Å². The fraction of sp³-hybridized carbons (Fsp3) is 0.917. The van der Waals surface area contributed by atoms with Crippen LogP contribution >= 0.6 is 15.9 Å². The zero-order valence-corrected chi connectivity index (χ0v) is 29.0. The standard InChI is InChI=1S/C36H57BrO4/c1-22(2)23-12-17-36(21-38)19-18-34(8)24(29(23)36)10-11-26-33(7)15-14-27(41-28(39)20-31(3,4)30(37)40)32(5,6)25(33)13-16-35(26,34)9/h21-27,29H,10-20H2,1-9H3/t23?,24?,25?,26?,27-,29?,33-,34+,35+,36+/m0/s1. The van der Waals surface area contributed by atoms with Crippen LogP contribution in [0, 0.1) is 68.0 Å². The van der Waals surface area contributed by atoms with Gasteiger partial charge in [0.1, 0.15) is 12.4 Å². The number of rotatable bonds is 6. The molecule has 0 N–H and O–H groups in total. The summed E-state index contributed by atoms with van der Waals surface area (Å²) >= 11 is 3.06. The minimum atomic E-state index is -0.763. The van der Waals surface area contributed by atoms with Gasteiger partial charge in [-0.1, -0.05) is 62.3 Å². The molecule has 4 nitrogen and oxygen atoms in total. The maximum atomic E-state index is 13.0. The Labute approximate surface area is 258 Å². The van der Waals surface area contributed by atoms with Gasteiger partial charge in [-0.15, -0.1) is 0 Å². The molecule has 5 unspecified atom stereocenters. The molecule has 0 aromatic rings. The SMILES string of the molecule is CC(C)C1CC[C@]2(C=O)CC[C@]3(C)C(CCC4[C@@]5(C)CC[C@H](OC(=O)CC(C)(C)C(=O)Br)C(C)(C)C5CC[C@]43C)C12. The summed E-state index contributed by atoms with van der Waals surface area (Å²) in [4.78, 5) is 37.8. The number of fused-ring (bicyclic) bond motifs is 7. The van der Waals surface area contributed by atoms with Gasteiger partial charge in [0, 0.05) is 16.2 Å². The van der Waals surface area contributed by atoms with Gasteiger partial charge in [0.2, 0.25) is 4.69 Å².